The van der Waals surface area contributed by atoms with Crippen molar-refractivity contribution in [1.29, 1.82) is 0 Å². The Labute approximate surface area is 269 Å². The molecule has 1 aromatic heterocycles. The molecule has 6 aliphatic rings. The largest absolute Gasteiger partial charge is 0.390 e. The lowest BCUT2D eigenvalue weighted by Crippen LogP contribution is -2.56. The van der Waals surface area contributed by atoms with E-state index in [9.17, 15) is 19.5 Å². The van der Waals surface area contributed by atoms with Gasteiger partial charge in [0, 0.05) is 63.1 Å². The molecule has 1 aromatic carbocycles. The average molecular weight is 635 g/mol. The molecule has 8 rings (SSSR count). The van der Waals surface area contributed by atoms with Gasteiger partial charge in [0.15, 0.2) is 0 Å². The Morgan fingerprint density at radius 2 is 1.59 bits per heavy atom. The SMILES string of the molecule is C[C@@H]1NC(=O)[C@@H]2C[C@H](n3cc(-c4ccccc4)nn3)CN2C2CCN(CC2)C(=O)[C@@H]2C[C@H](CN2C2CCOCC2)NC(=O)C[C@@H]1O. The number of aromatic nitrogens is 3. The minimum absolute atomic E-state index is 0.0552. The summed E-state index contributed by atoms with van der Waals surface area (Å²) >= 11 is 0. The van der Waals surface area contributed by atoms with E-state index in [1.165, 1.54) is 0 Å². The van der Waals surface area contributed by atoms with Crippen molar-refractivity contribution in [2.45, 2.75) is 100 Å². The lowest BCUT2D eigenvalue weighted by molar-refractivity contribution is -0.139. The highest BCUT2D eigenvalue weighted by Crippen LogP contribution is 2.34. The third kappa shape index (κ3) is 6.42. The average Bonchev–Trinajstić information content (AvgIpc) is 3.84. The number of carbonyl (C=O) groups is 3. The number of hydrogen-bond donors (Lipinski definition) is 3. The normalized spacial score (nSPS) is 33.9. The van der Waals surface area contributed by atoms with Crippen LogP contribution in [-0.2, 0) is 19.1 Å². The zero-order chi connectivity index (χ0) is 31.8. The number of amides is 3. The summed E-state index contributed by atoms with van der Waals surface area (Å²) in [5.74, 6) is -0.303. The van der Waals surface area contributed by atoms with Crippen LogP contribution in [0.1, 0.15) is 57.9 Å². The number of benzene rings is 1. The first-order chi connectivity index (χ1) is 22.3. The summed E-state index contributed by atoms with van der Waals surface area (Å²) in [7, 11) is 0. The number of ether oxygens (including phenoxy) is 1. The van der Waals surface area contributed by atoms with Crippen LogP contribution >= 0.6 is 0 Å². The van der Waals surface area contributed by atoms with Crippen LogP contribution in [0.2, 0.25) is 0 Å². The number of carbonyl (C=O) groups excluding carboxylic acids is 3. The number of hydrogen-bond acceptors (Lipinski definition) is 9. The third-order valence-electron chi connectivity index (χ3n) is 10.8. The van der Waals surface area contributed by atoms with E-state index in [0.29, 0.717) is 52.2 Å². The molecule has 6 aliphatic heterocycles. The van der Waals surface area contributed by atoms with E-state index in [-0.39, 0.29) is 54.4 Å². The maximum Gasteiger partial charge on any atom is 0.240 e. The quantitative estimate of drug-likeness (QED) is 0.441. The fraction of sp³-hybridized carbons (Fsp3) is 0.667. The van der Waals surface area contributed by atoms with Crippen molar-refractivity contribution in [3.63, 3.8) is 0 Å². The van der Waals surface area contributed by atoms with Crippen molar-refractivity contribution < 1.29 is 24.2 Å². The maximum absolute atomic E-state index is 14.1. The van der Waals surface area contributed by atoms with Crippen LogP contribution in [0.15, 0.2) is 36.5 Å². The molecular formula is C33H46N8O5. The highest BCUT2D eigenvalue weighted by molar-refractivity contribution is 5.84. The molecule has 248 valence electrons. The van der Waals surface area contributed by atoms with Gasteiger partial charge in [-0.25, -0.2) is 4.68 Å². The molecular weight excluding hydrogens is 588 g/mol. The van der Waals surface area contributed by atoms with Crippen LogP contribution < -0.4 is 10.6 Å². The standard InChI is InChI=1S/C33H46N8O5/c1-21-30(42)17-31(43)35-23-15-29(39(18-23)25-9-13-46-14-10-25)33(45)38-11-7-24(8-12-38)40-19-26(16-28(40)32(44)34-21)41-20-27(36-37-41)22-5-3-2-4-6-22/h2-6,20-21,23-26,28-30,42H,7-19H2,1H3,(H,34,44)(H,35,43)/t21-,23+,26-,28-,29-,30-/m0/s1. The molecule has 6 fully saturated rings. The van der Waals surface area contributed by atoms with Crippen molar-refractivity contribution in [3.05, 3.63) is 36.5 Å². The molecule has 2 aromatic rings. The van der Waals surface area contributed by atoms with Gasteiger partial charge >= 0.3 is 0 Å². The highest BCUT2D eigenvalue weighted by atomic mass is 16.5. The number of fused-ring (bicyclic) bond motifs is 8. The highest BCUT2D eigenvalue weighted by Gasteiger charge is 2.46. The zero-order valence-corrected chi connectivity index (χ0v) is 26.5. The molecule has 4 bridgehead atoms. The predicted octanol–water partition coefficient (Wildman–Crippen LogP) is 0.559. The van der Waals surface area contributed by atoms with Crippen molar-refractivity contribution in [1.82, 2.24) is 40.3 Å². The molecule has 13 nitrogen and oxygen atoms in total. The number of nitrogens with one attached hydrogen (secondary N) is 2. The first kappa shape index (κ1) is 31.2. The summed E-state index contributed by atoms with van der Waals surface area (Å²) < 4.78 is 7.48. The Bertz CT molecular complexity index is 1390. The van der Waals surface area contributed by atoms with E-state index in [0.717, 1.165) is 36.9 Å². The Kier molecular flexibility index (Phi) is 9.08. The summed E-state index contributed by atoms with van der Waals surface area (Å²) in [5, 5.41) is 26.0. The van der Waals surface area contributed by atoms with E-state index >= 15 is 0 Å². The Balaban J connectivity index is 1.12. The van der Waals surface area contributed by atoms with Crippen molar-refractivity contribution in [2.75, 3.05) is 39.4 Å². The molecule has 6 saturated heterocycles. The molecule has 3 N–H and O–H groups in total. The molecule has 3 amide bonds. The van der Waals surface area contributed by atoms with E-state index in [1.54, 1.807) is 6.92 Å². The Hall–Kier alpha value is -3.39. The first-order valence-electron chi connectivity index (χ1n) is 17.0. The number of piperidine rings is 1. The van der Waals surface area contributed by atoms with Crippen molar-refractivity contribution >= 4 is 17.7 Å². The minimum Gasteiger partial charge on any atom is -0.390 e. The van der Waals surface area contributed by atoms with Gasteiger partial charge in [0.25, 0.3) is 0 Å². The van der Waals surface area contributed by atoms with Crippen LogP contribution in [0.25, 0.3) is 11.3 Å². The van der Waals surface area contributed by atoms with Crippen LogP contribution in [0.4, 0.5) is 0 Å². The van der Waals surface area contributed by atoms with Gasteiger partial charge in [0.05, 0.1) is 42.9 Å². The number of aliphatic hydroxyl groups excluding tert-OH is 1. The summed E-state index contributed by atoms with van der Waals surface area (Å²) in [6, 6.07) is 8.73. The first-order valence-corrected chi connectivity index (χ1v) is 17.0. The van der Waals surface area contributed by atoms with Gasteiger partial charge < -0.3 is 25.4 Å². The number of nitrogens with zero attached hydrogens (tertiary/aromatic N) is 6. The monoisotopic (exact) mass is 634 g/mol. The van der Waals surface area contributed by atoms with Crippen LogP contribution in [0.5, 0.6) is 0 Å². The topological polar surface area (TPSA) is 145 Å². The lowest BCUT2D eigenvalue weighted by Gasteiger charge is -2.41. The molecule has 0 aliphatic carbocycles. The second-order valence-corrected chi connectivity index (χ2v) is 13.7. The Morgan fingerprint density at radius 1 is 0.870 bits per heavy atom. The van der Waals surface area contributed by atoms with Crippen LogP contribution in [0.3, 0.4) is 0 Å². The van der Waals surface area contributed by atoms with E-state index in [2.05, 4.69) is 30.7 Å². The predicted molar refractivity (Wildman–Crippen MR) is 168 cm³/mol. The second-order valence-electron chi connectivity index (χ2n) is 13.7. The molecule has 0 unspecified atom stereocenters. The molecule has 6 atom stereocenters. The van der Waals surface area contributed by atoms with Gasteiger partial charge in [-0.2, -0.15) is 0 Å². The molecule has 13 heteroatoms. The van der Waals surface area contributed by atoms with E-state index in [4.69, 9.17) is 4.74 Å². The van der Waals surface area contributed by atoms with Gasteiger partial charge in [-0.3, -0.25) is 24.2 Å². The number of aliphatic hydroxyl groups is 1. The summed E-state index contributed by atoms with van der Waals surface area (Å²) in [6.07, 6.45) is 5.19. The lowest BCUT2D eigenvalue weighted by atomic mass is 9.99. The minimum atomic E-state index is -1.04. The summed E-state index contributed by atoms with van der Waals surface area (Å²) in [5.41, 5.74) is 1.77. The van der Waals surface area contributed by atoms with Gasteiger partial charge in [0.2, 0.25) is 17.7 Å². The molecule has 46 heavy (non-hydrogen) atoms. The van der Waals surface area contributed by atoms with E-state index < -0.39 is 18.2 Å². The number of rotatable bonds is 3. The zero-order valence-electron chi connectivity index (χ0n) is 26.5. The molecule has 0 radical (unpaired) electrons. The maximum atomic E-state index is 14.1. The van der Waals surface area contributed by atoms with Gasteiger partial charge in [-0.1, -0.05) is 35.5 Å². The molecule has 7 heterocycles. The van der Waals surface area contributed by atoms with Gasteiger partial charge in [-0.05, 0) is 45.4 Å². The van der Waals surface area contributed by atoms with Gasteiger partial charge in [0.1, 0.15) is 5.69 Å². The summed E-state index contributed by atoms with van der Waals surface area (Å²) in [4.78, 5) is 47.5. The fourth-order valence-electron chi connectivity index (χ4n) is 8.21. The van der Waals surface area contributed by atoms with Crippen LogP contribution in [0, 0.1) is 0 Å². The fourth-order valence-corrected chi connectivity index (χ4v) is 8.21. The molecule has 0 saturated carbocycles. The van der Waals surface area contributed by atoms with Crippen LogP contribution in [-0.4, -0.2) is 134 Å². The third-order valence-corrected chi connectivity index (χ3v) is 10.8. The van der Waals surface area contributed by atoms with Crippen molar-refractivity contribution in [3.8, 4) is 11.3 Å². The van der Waals surface area contributed by atoms with E-state index in [1.807, 2.05) is 46.1 Å². The molecule has 0 spiro atoms. The van der Waals surface area contributed by atoms with Gasteiger partial charge in [-0.15, -0.1) is 5.10 Å². The second kappa shape index (κ2) is 13.4. The number of likely N-dealkylation sites (tertiary alicyclic amines) is 1. The Morgan fingerprint density at radius 3 is 2.35 bits per heavy atom. The summed E-state index contributed by atoms with van der Waals surface area (Å²) in [6.45, 7) is 5.61. The smallest absolute Gasteiger partial charge is 0.240 e. The van der Waals surface area contributed by atoms with Crippen molar-refractivity contribution in [2.24, 2.45) is 0 Å².